The third-order valence-electron chi connectivity index (χ3n) is 6.93. The Morgan fingerprint density at radius 3 is 2.27 bits per heavy atom. The van der Waals surface area contributed by atoms with Crippen LogP contribution in [0, 0.1) is 0 Å². The molecule has 0 spiro atoms. The molecule has 1 unspecified atom stereocenters. The molecule has 3 aromatic carbocycles. The van der Waals surface area contributed by atoms with Gasteiger partial charge in [0.1, 0.15) is 35.7 Å². The Kier molecular flexibility index (Phi) is 13.8. The highest BCUT2D eigenvalue weighted by atomic mass is 16.5. The summed E-state index contributed by atoms with van der Waals surface area (Å²) in [6.07, 6.45) is 13.5. The smallest absolute Gasteiger partial charge is 0.311 e. The molecule has 6 heteroatoms. The van der Waals surface area contributed by atoms with E-state index in [4.69, 9.17) is 14.2 Å². The number of methoxy groups -OCH3 is 1. The first-order chi connectivity index (χ1) is 20.0. The van der Waals surface area contributed by atoms with Crippen molar-refractivity contribution in [2.24, 2.45) is 0 Å². The van der Waals surface area contributed by atoms with Crippen molar-refractivity contribution >= 4 is 12.0 Å². The van der Waals surface area contributed by atoms with Crippen molar-refractivity contribution in [1.82, 2.24) is 0 Å². The summed E-state index contributed by atoms with van der Waals surface area (Å²) < 4.78 is 17.0. The lowest BCUT2D eigenvalue weighted by Gasteiger charge is -2.15. The van der Waals surface area contributed by atoms with Gasteiger partial charge in [0.15, 0.2) is 0 Å². The molecule has 0 saturated carbocycles. The van der Waals surface area contributed by atoms with Crippen molar-refractivity contribution in [3.8, 4) is 23.0 Å². The summed E-state index contributed by atoms with van der Waals surface area (Å²) in [5, 5.41) is 20.9. The van der Waals surface area contributed by atoms with E-state index in [0.29, 0.717) is 35.8 Å². The summed E-state index contributed by atoms with van der Waals surface area (Å²) in [6.45, 7) is 2.54. The van der Waals surface area contributed by atoms with Crippen LogP contribution in [0.5, 0.6) is 23.0 Å². The molecule has 3 rings (SSSR count). The van der Waals surface area contributed by atoms with Gasteiger partial charge in [0.25, 0.3) is 0 Å². The largest absolute Gasteiger partial charge is 0.508 e. The molecular formula is C35H44O6. The Morgan fingerprint density at radius 1 is 0.854 bits per heavy atom. The topological polar surface area (TPSA) is 85.2 Å². The number of esters is 1. The zero-order chi connectivity index (χ0) is 29.3. The van der Waals surface area contributed by atoms with Gasteiger partial charge >= 0.3 is 5.97 Å². The summed E-state index contributed by atoms with van der Waals surface area (Å²) in [7, 11) is 1.55. The molecule has 6 nitrogen and oxygen atoms in total. The maximum Gasteiger partial charge on any atom is 0.311 e. The number of rotatable bonds is 18. The number of benzene rings is 3. The molecule has 0 fully saturated rings. The molecule has 2 N–H and O–H groups in total. The summed E-state index contributed by atoms with van der Waals surface area (Å²) in [5.74, 6) is 1.15. The van der Waals surface area contributed by atoms with Crippen LogP contribution in [0.4, 0.5) is 0 Å². The van der Waals surface area contributed by atoms with Crippen LogP contribution in [0.25, 0.3) is 6.08 Å². The zero-order valence-corrected chi connectivity index (χ0v) is 24.4. The van der Waals surface area contributed by atoms with Gasteiger partial charge in [-0.25, -0.2) is 0 Å². The molecule has 0 aromatic heterocycles. The quantitative estimate of drug-likeness (QED) is 0.0921. The minimum absolute atomic E-state index is 0.0533. The molecule has 0 aliphatic rings. The van der Waals surface area contributed by atoms with Crippen molar-refractivity contribution < 1.29 is 29.2 Å². The maximum atomic E-state index is 12.3. The number of aliphatic hydroxyl groups is 1. The van der Waals surface area contributed by atoms with E-state index in [1.54, 1.807) is 43.5 Å². The molecule has 220 valence electrons. The van der Waals surface area contributed by atoms with Crippen LogP contribution in [0.15, 0.2) is 72.8 Å². The van der Waals surface area contributed by atoms with Crippen LogP contribution in [0.1, 0.15) is 93.9 Å². The monoisotopic (exact) mass is 560 g/mol. The first-order valence-corrected chi connectivity index (χ1v) is 14.7. The number of hydrogen-bond donors (Lipinski definition) is 2. The minimum Gasteiger partial charge on any atom is -0.508 e. The molecule has 0 aliphatic carbocycles. The number of carbonyl (C=O) groups is 1. The van der Waals surface area contributed by atoms with Gasteiger partial charge in [-0.05, 0) is 36.2 Å². The summed E-state index contributed by atoms with van der Waals surface area (Å²) in [6, 6.07) is 19.5. The fourth-order valence-electron chi connectivity index (χ4n) is 4.58. The molecular weight excluding hydrogens is 516 g/mol. The van der Waals surface area contributed by atoms with Gasteiger partial charge in [-0.15, -0.1) is 0 Å². The Balaban J connectivity index is 1.52. The van der Waals surface area contributed by atoms with Crippen molar-refractivity contribution in [2.45, 2.75) is 83.8 Å². The van der Waals surface area contributed by atoms with Crippen LogP contribution in [0.3, 0.4) is 0 Å². The second kappa shape index (κ2) is 17.8. The van der Waals surface area contributed by atoms with E-state index in [1.165, 1.54) is 50.7 Å². The van der Waals surface area contributed by atoms with Gasteiger partial charge in [-0.1, -0.05) is 101 Å². The highest BCUT2D eigenvalue weighted by molar-refractivity contribution is 5.73. The molecule has 0 amide bonds. The minimum atomic E-state index is -0.986. The lowest BCUT2D eigenvalue weighted by Crippen LogP contribution is -2.07. The average Bonchev–Trinajstić information content (AvgIpc) is 2.98. The standard InChI is InChI=1S/C35H44O6/c1-3-4-5-6-7-8-9-10-14-17-35(38)41-30-21-18-28(33(25-30)39-2)19-23-32(37)31-22-20-29(36)24-34(31)40-26-27-15-12-11-13-16-27/h11-13,15-16,18-25,32,36-37H,3-10,14,17,26H2,1-2H3. The molecule has 0 bridgehead atoms. The highest BCUT2D eigenvalue weighted by Gasteiger charge is 2.14. The van der Waals surface area contributed by atoms with Crippen LogP contribution < -0.4 is 14.2 Å². The van der Waals surface area contributed by atoms with E-state index in [1.807, 2.05) is 30.3 Å². The maximum absolute atomic E-state index is 12.3. The Morgan fingerprint density at radius 2 is 1.56 bits per heavy atom. The van der Waals surface area contributed by atoms with Gasteiger partial charge in [0.05, 0.1) is 7.11 Å². The molecule has 1 atom stereocenters. The number of hydrogen-bond acceptors (Lipinski definition) is 6. The number of aliphatic hydroxyl groups excluding tert-OH is 1. The van der Waals surface area contributed by atoms with Crippen LogP contribution in [-0.2, 0) is 11.4 Å². The van der Waals surface area contributed by atoms with Gasteiger partial charge in [-0.2, -0.15) is 0 Å². The van der Waals surface area contributed by atoms with E-state index in [-0.39, 0.29) is 11.7 Å². The van der Waals surface area contributed by atoms with E-state index < -0.39 is 6.10 Å². The zero-order valence-electron chi connectivity index (χ0n) is 24.4. The van der Waals surface area contributed by atoms with Gasteiger partial charge < -0.3 is 24.4 Å². The number of aromatic hydroxyl groups is 1. The SMILES string of the molecule is CCCCCCCCCCCC(=O)Oc1ccc(C=CC(O)c2ccc(O)cc2OCc2ccccc2)c(OC)c1. The highest BCUT2D eigenvalue weighted by Crippen LogP contribution is 2.32. The third kappa shape index (κ3) is 11.3. The average molecular weight is 561 g/mol. The fourth-order valence-corrected chi connectivity index (χ4v) is 4.58. The Labute approximate surface area is 244 Å². The number of carbonyl (C=O) groups excluding carboxylic acids is 1. The van der Waals surface area contributed by atoms with Crippen LogP contribution in [0.2, 0.25) is 0 Å². The summed E-state index contributed by atoms with van der Waals surface area (Å²) >= 11 is 0. The van der Waals surface area contributed by atoms with E-state index in [0.717, 1.165) is 30.4 Å². The molecule has 0 aliphatic heterocycles. The fraction of sp³-hybridized carbons (Fsp3) is 0.400. The van der Waals surface area contributed by atoms with Gasteiger partial charge in [-0.3, -0.25) is 4.79 Å². The second-order valence-electron chi connectivity index (χ2n) is 10.3. The van der Waals surface area contributed by atoms with Crippen molar-refractivity contribution in [3.05, 3.63) is 89.5 Å². The van der Waals surface area contributed by atoms with Crippen molar-refractivity contribution in [2.75, 3.05) is 7.11 Å². The van der Waals surface area contributed by atoms with Crippen molar-refractivity contribution in [1.29, 1.82) is 0 Å². The first kappa shape index (κ1) is 31.8. The van der Waals surface area contributed by atoms with Crippen molar-refractivity contribution in [3.63, 3.8) is 0 Å². The van der Waals surface area contributed by atoms with E-state index in [2.05, 4.69) is 6.92 Å². The number of phenolic OH excluding ortho intramolecular Hbond substituents is 1. The molecule has 0 saturated heterocycles. The third-order valence-corrected chi connectivity index (χ3v) is 6.93. The van der Waals surface area contributed by atoms with E-state index in [9.17, 15) is 15.0 Å². The number of phenols is 1. The summed E-state index contributed by atoms with van der Waals surface area (Å²) in [5.41, 5.74) is 2.22. The number of unbranched alkanes of at least 4 members (excludes halogenated alkanes) is 8. The lowest BCUT2D eigenvalue weighted by atomic mass is 10.1. The van der Waals surface area contributed by atoms with Crippen LogP contribution >= 0.6 is 0 Å². The normalized spacial score (nSPS) is 11.9. The number of ether oxygens (including phenoxy) is 3. The molecule has 41 heavy (non-hydrogen) atoms. The summed E-state index contributed by atoms with van der Waals surface area (Å²) in [4.78, 5) is 12.3. The predicted octanol–water partition coefficient (Wildman–Crippen LogP) is 8.55. The first-order valence-electron chi connectivity index (χ1n) is 14.7. The lowest BCUT2D eigenvalue weighted by molar-refractivity contribution is -0.134. The Bertz CT molecular complexity index is 1220. The molecule has 0 heterocycles. The van der Waals surface area contributed by atoms with Gasteiger partial charge in [0.2, 0.25) is 0 Å². The van der Waals surface area contributed by atoms with E-state index >= 15 is 0 Å². The second-order valence-corrected chi connectivity index (χ2v) is 10.3. The Hall–Kier alpha value is -3.77. The molecule has 0 radical (unpaired) electrons. The van der Waals surface area contributed by atoms with Gasteiger partial charge in [0, 0.05) is 29.7 Å². The van der Waals surface area contributed by atoms with Crippen LogP contribution in [-0.4, -0.2) is 23.3 Å². The molecule has 3 aromatic rings. The predicted molar refractivity (Wildman–Crippen MR) is 163 cm³/mol.